The lowest BCUT2D eigenvalue weighted by Crippen LogP contribution is -2.28. The number of hydrogen-bond donors (Lipinski definition) is 1. The van der Waals surface area contributed by atoms with E-state index in [0.717, 1.165) is 16.6 Å². The van der Waals surface area contributed by atoms with Gasteiger partial charge in [-0.05, 0) is 36.5 Å². The van der Waals surface area contributed by atoms with Crippen molar-refractivity contribution in [3.63, 3.8) is 0 Å². The summed E-state index contributed by atoms with van der Waals surface area (Å²) >= 11 is 6.07. The molecule has 22 heavy (non-hydrogen) atoms. The van der Waals surface area contributed by atoms with E-state index < -0.39 is 7.12 Å². The monoisotopic (exact) mass is 314 g/mol. The highest BCUT2D eigenvalue weighted by Gasteiger charge is 2.28. The first-order chi connectivity index (χ1) is 10.5. The first-order valence-corrected chi connectivity index (χ1v) is 7.03. The second-order valence-electron chi connectivity index (χ2n) is 5.07. The van der Waals surface area contributed by atoms with Gasteiger partial charge >= 0.3 is 7.12 Å². The quantitative estimate of drug-likeness (QED) is 0.684. The van der Waals surface area contributed by atoms with Crippen LogP contribution < -0.4 is 10.2 Å². The molecule has 0 radical (unpaired) electrons. The molecule has 110 valence electrons. The highest BCUT2D eigenvalue weighted by atomic mass is 35.5. The molecule has 0 unspecified atom stereocenters. The number of halogens is 1. The fraction of sp³-hybridized carbons (Fsp3) is 0.200. The lowest BCUT2D eigenvalue weighted by atomic mass is 9.79. The van der Waals surface area contributed by atoms with Crippen LogP contribution in [0.2, 0.25) is 5.02 Å². The molecule has 5 nitrogen and oxygen atoms in total. The van der Waals surface area contributed by atoms with E-state index in [0.29, 0.717) is 34.6 Å². The number of hydrogen-bond acceptors (Lipinski definition) is 4. The fourth-order valence-corrected chi connectivity index (χ4v) is 2.65. The van der Waals surface area contributed by atoms with E-state index in [9.17, 15) is 5.02 Å². The van der Waals surface area contributed by atoms with Gasteiger partial charge in [0.1, 0.15) is 5.75 Å². The van der Waals surface area contributed by atoms with Crippen LogP contribution in [0.25, 0.3) is 4.85 Å². The molecular formula is C15H12BClN2O3. The van der Waals surface area contributed by atoms with E-state index in [1.165, 1.54) is 6.07 Å². The Labute approximate surface area is 133 Å². The lowest BCUT2D eigenvalue weighted by Gasteiger charge is -2.11. The zero-order valence-corrected chi connectivity index (χ0v) is 12.8. The van der Waals surface area contributed by atoms with E-state index in [1.807, 2.05) is 19.1 Å². The summed E-state index contributed by atoms with van der Waals surface area (Å²) in [4.78, 5) is 7.60. The molecule has 3 rings (SSSR count). The predicted molar refractivity (Wildman–Crippen MR) is 83.9 cm³/mol. The molecule has 0 fully saturated rings. The topological polar surface area (TPSA) is 55.9 Å². The summed E-state index contributed by atoms with van der Waals surface area (Å²) in [6, 6.07) is 5.19. The predicted octanol–water partition coefficient (Wildman–Crippen LogP) is 2.91. The number of rotatable bonds is 2. The van der Waals surface area contributed by atoms with Gasteiger partial charge in [0.05, 0.1) is 18.2 Å². The van der Waals surface area contributed by atoms with E-state index in [-0.39, 0.29) is 0 Å². The van der Waals surface area contributed by atoms with Gasteiger partial charge in [0.25, 0.3) is 0 Å². The Bertz CT molecular complexity index is 781. The van der Waals surface area contributed by atoms with Crippen LogP contribution in [0.3, 0.4) is 0 Å². The third kappa shape index (κ3) is 2.55. The molecule has 1 aliphatic rings. The van der Waals surface area contributed by atoms with Gasteiger partial charge in [0.2, 0.25) is 11.6 Å². The largest absolute Gasteiger partial charge is 0.491 e. The molecule has 1 aromatic heterocycles. The summed E-state index contributed by atoms with van der Waals surface area (Å²) in [6.07, 6.45) is 0. The van der Waals surface area contributed by atoms with Gasteiger partial charge in [-0.25, -0.2) is 9.83 Å². The molecule has 0 aliphatic carbocycles. The number of aryl methyl sites for hydroxylation is 2. The molecule has 1 aromatic carbocycles. The second-order valence-corrected chi connectivity index (χ2v) is 5.48. The smallest absolute Gasteiger partial charge is 0.439 e. The van der Waals surface area contributed by atoms with Gasteiger partial charge in [-0.15, -0.1) is 0 Å². The Morgan fingerprint density at radius 3 is 2.86 bits per heavy atom. The number of pyridine rings is 1. The van der Waals surface area contributed by atoms with Crippen LogP contribution in [0.5, 0.6) is 11.6 Å². The summed E-state index contributed by atoms with van der Waals surface area (Å²) in [5.74, 6) is 0.951. The zero-order valence-electron chi connectivity index (χ0n) is 12.1. The van der Waals surface area contributed by atoms with Crippen LogP contribution in [-0.4, -0.2) is 17.1 Å². The molecule has 1 aliphatic heterocycles. The van der Waals surface area contributed by atoms with Gasteiger partial charge in [-0.3, -0.25) is 0 Å². The third-order valence-corrected chi connectivity index (χ3v) is 3.81. The molecular weight excluding hydrogens is 302 g/mol. The van der Waals surface area contributed by atoms with Gasteiger partial charge in [-0.2, -0.15) is 0 Å². The Morgan fingerprint density at radius 2 is 2.18 bits per heavy atom. The van der Waals surface area contributed by atoms with Crippen LogP contribution in [-0.2, 0) is 11.3 Å². The number of fused-ring (bicyclic) bond motifs is 1. The first kappa shape index (κ1) is 14.9. The molecule has 7 heteroatoms. The number of nitrogens with zero attached hydrogens (tertiary/aromatic N) is 2. The molecule has 0 atom stereocenters. The second kappa shape index (κ2) is 5.62. The van der Waals surface area contributed by atoms with Gasteiger partial charge < -0.3 is 14.4 Å². The summed E-state index contributed by atoms with van der Waals surface area (Å²) in [5.41, 5.74) is 3.35. The normalized spacial score (nSPS) is 13.0. The van der Waals surface area contributed by atoms with Crippen molar-refractivity contribution in [3.8, 4) is 11.6 Å². The van der Waals surface area contributed by atoms with Crippen molar-refractivity contribution >= 4 is 29.9 Å². The molecule has 0 spiro atoms. The van der Waals surface area contributed by atoms with Crippen molar-refractivity contribution in [2.75, 3.05) is 0 Å². The van der Waals surface area contributed by atoms with E-state index in [2.05, 4.69) is 9.83 Å². The molecule has 0 bridgehead atoms. The Kier molecular flexibility index (Phi) is 3.79. The lowest BCUT2D eigenvalue weighted by molar-refractivity contribution is 0.275. The van der Waals surface area contributed by atoms with Crippen molar-refractivity contribution in [2.45, 2.75) is 20.5 Å². The number of aromatic nitrogens is 1. The van der Waals surface area contributed by atoms with Crippen molar-refractivity contribution in [2.24, 2.45) is 0 Å². The maximum atomic E-state index is 9.70. The summed E-state index contributed by atoms with van der Waals surface area (Å²) in [6.45, 7) is 11.0. The van der Waals surface area contributed by atoms with Crippen LogP contribution in [0.15, 0.2) is 18.2 Å². The molecule has 0 amide bonds. The Hall–Kier alpha value is -2.07. The molecule has 1 N–H and O–H groups in total. The van der Waals surface area contributed by atoms with Crippen LogP contribution >= 0.6 is 11.6 Å². The van der Waals surface area contributed by atoms with Crippen LogP contribution in [0.1, 0.15) is 16.8 Å². The number of benzene rings is 1. The SMILES string of the molecule is [C-]#[N+]c1c(Cl)cc(Oc2cc3c(cc2C)B(O)OC3)nc1C. The summed E-state index contributed by atoms with van der Waals surface area (Å²) in [5, 5.41) is 10.0. The van der Waals surface area contributed by atoms with E-state index in [4.69, 9.17) is 27.6 Å². The third-order valence-electron chi connectivity index (χ3n) is 3.52. The highest BCUT2D eigenvalue weighted by Crippen LogP contribution is 2.33. The first-order valence-electron chi connectivity index (χ1n) is 6.65. The van der Waals surface area contributed by atoms with Crippen molar-refractivity contribution in [1.29, 1.82) is 0 Å². The molecule has 2 heterocycles. The molecule has 0 saturated heterocycles. The summed E-state index contributed by atoms with van der Waals surface area (Å²) in [7, 11) is -0.879. The summed E-state index contributed by atoms with van der Waals surface area (Å²) < 4.78 is 11.0. The minimum absolute atomic E-state index is 0.315. The van der Waals surface area contributed by atoms with Gasteiger partial charge in [0, 0.05) is 11.8 Å². The average Bonchev–Trinajstić information content (AvgIpc) is 2.80. The average molecular weight is 315 g/mol. The molecule has 0 saturated carbocycles. The highest BCUT2D eigenvalue weighted by molar-refractivity contribution is 6.61. The minimum atomic E-state index is -0.879. The van der Waals surface area contributed by atoms with E-state index in [1.54, 1.807) is 6.92 Å². The fourth-order valence-electron chi connectivity index (χ4n) is 2.38. The van der Waals surface area contributed by atoms with Crippen molar-refractivity contribution < 1.29 is 14.4 Å². The maximum Gasteiger partial charge on any atom is 0.491 e. The van der Waals surface area contributed by atoms with Crippen LogP contribution in [0.4, 0.5) is 5.69 Å². The van der Waals surface area contributed by atoms with Crippen molar-refractivity contribution in [1.82, 2.24) is 4.98 Å². The molecule has 2 aromatic rings. The van der Waals surface area contributed by atoms with Gasteiger partial charge in [0.15, 0.2) is 0 Å². The van der Waals surface area contributed by atoms with Crippen LogP contribution in [0, 0.1) is 20.4 Å². The van der Waals surface area contributed by atoms with Gasteiger partial charge in [-0.1, -0.05) is 17.7 Å². The zero-order chi connectivity index (χ0) is 15.9. The Morgan fingerprint density at radius 1 is 1.41 bits per heavy atom. The standard InChI is InChI=1S/C15H12BClN2O3/c1-8-4-11-10(7-21-16(11)20)5-13(8)22-14-6-12(17)15(18-3)9(2)19-14/h4-6,20H,7H2,1-2H3. The van der Waals surface area contributed by atoms with Crippen molar-refractivity contribution in [3.05, 3.63) is 51.5 Å². The van der Waals surface area contributed by atoms with E-state index >= 15 is 0 Å². The number of ether oxygens (including phenoxy) is 1. The minimum Gasteiger partial charge on any atom is -0.439 e. The maximum absolute atomic E-state index is 9.70. The Balaban J connectivity index is 1.96.